The quantitative estimate of drug-likeness (QED) is 0.151. The molecule has 1 amide bonds. The Morgan fingerprint density at radius 3 is 2.50 bits per heavy atom. The van der Waals surface area contributed by atoms with Crippen molar-refractivity contribution in [3.63, 3.8) is 0 Å². The average molecular weight is 454 g/mol. The van der Waals surface area contributed by atoms with E-state index in [0.29, 0.717) is 34.1 Å². The van der Waals surface area contributed by atoms with Gasteiger partial charge in [0, 0.05) is 23.4 Å². The topological polar surface area (TPSA) is 116 Å². The highest BCUT2D eigenvalue weighted by Crippen LogP contribution is 2.31. The molecular formula is C26H18N2O6. The van der Waals surface area contributed by atoms with Crippen molar-refractivity contribution in [1.82, 2.24) is 0 Å². The van der Waals surface area contributed by atoms with Gasteiger partial charge in [0.25, 0.3) is 5.69 Å². The minimum atomic E-state index is -0.477. The maximum atomic E-state index is 12.6. The van der Waals surface area contributed by atoms with Crippen LogP contribution in [0.2, 0.25) is 0 Å². The van der Waals surface area contributed by atoms with E-state index in [1.165, 1.54) is 36.6 Å². The number of ketones is 1. The fourth-order valence-corrected chi connectivity index (χ4v) is 3.16. The molecule has 1 N–H and O–H groups in total. The van der Waals surface area contributed by atoms with Crippen LogP contribution >= 0.6 is 0 Å². The molecule has 2 aromatic carbocycles. The van der Waals surface area contributed by atoms with Gasteiger partial charge in [-0.05, 0) is 60.7 Å². The van der Waals surface area contributed by atoms with Gasteiger partial charge in [0.05, 0.1) is 16.7 Å². The maximum absolute atomic E-state index is 12.6. The van der Waals surface area contributed by atoms with E-state index in [0.717, 1.165) is 0 Å². The Morgan fingerprint density at radius 1 is 0.882 bits per heavy atom. The van der Waals surface area contributed by atoms with Gasteiger partial charge in [0.1, 0.15) is 17.3 Å². The van der Waals surface area contributed by atoms with Crippen molar-refractivity contribution < 1.29 is 23.3 Å². The van der Waals surface area contributed by atoms with E-state index in [4.69, 9.17) is 8.83 Å². The van der Waals surface area contributed by atoms with Crippen LogP contribution in [-0.2, 0) is 4.79 Å². The summed E-state index contributed by atoms with van der Waals surface area (Å²) < 4.78 is 10.8. The minimum Gasteiger partial charge on any atom is -0.465 e. The van der Waals surface area contributed by atoms with Crippen molar-refractivity contribution in [1.29, 1.82) is 0 Å². The summed E-state index contributed by atoms with van der Waals surface area (Å²) in [5.41, 5.74) is 1.11. The number of furan rings is 2. The third-order valence-electron chi connectivity index (χ3n) is 4.75. The Labute approximate surface area is 194 Å². The number of hydrogen-bond donors (Lipinski definition) is 1. The number of amides is 1. The lowest BCUT2D eigenvalue weighted by Crippen LogP contribution is -2.08. The number of allylic oxidation sites excluding steroid dienone is 1. The third-order valence-corrected chi connectivity index (χ3v) is 4.75. The SMILES string of the molecule is O=C(/C=C/c1ccco1)Nc1cccc(C(=O)/C=C/c2ccc(-c3ccccc3[N+](=O)[O-])o2)c1. The summed E-state index contributed by atoms with van der Waals surface area (Å²) in [5.74, 6) is 0.577. The number of nitro groups is 1. The van der Waals surface area contributed by atoms with E-state index in [1.54, 1.807) is 66.7 Å². The monoisotopic (exact) mass is 454 g/mol. The summed E-state index contributed by atoms with van der Waals surface area (Å²) in [4.78, 5) is 35.4. The number of rotatable bonds is 8. The molecule has 4 aromatic rings. The zero-order valence-electron chi connectivity index (χ0n) is 17.7. The Kier molecular flexibility index (Phi) is 6.60. The maximum Gasteiger partial charge on any atom is 0.280 e. The fraction of sp³-hybridized carbons (Fsp3) is 0. The lowest BCUT2D eigenvalue weighted by Gasteiger charge is -2.03. The van der Waals surface area contributed by atoms with Gasteiger partial charge >= 0.3 is 0 Å². The number of anilines is 1. The highest BCUT2D eigenvalue weighted by molar-refractivity contribution is 6.08. The van der Waals surface area contributed by atoms with Crippen molar-refractivity contribution in [2.75, 3.05) is 5.32 Å². The number of para-hydroxylation sites is 1. The second kappa shape index (κ2) is 10.1. The van der Waals surface area contributed by atoms with Gasteiger partial charge in [-0.25, -0.2) is 0 Å². The predicted molar refractivity (Wildman–Crippen MR) is 127 cm³/mol. The van der Waals surface area contributed by atoms with Gasteiger partial charge in [-0.2, -0.15) is 0 Å². The molecule has 0 aliphatic carbocycles. The van der Waals surface area contributed by atoms with Crippen LogP contribution in [0.15, 0.2) is 100 Å². The normalized spacial score (nSPS) is 11.2. The number of nitrogens with one attached hydrogen (secondary N) is 1. The predicted octanol–water partition coefficient (Wildman–Crippen LogP) is 6.00. The van der Waals surface area contributed by atoms with Crippen LogP contribution in [0.3, 0.4) is 0 Å². The molecule has 168 valence electrons. The molecule has 0 fully saturated rings. The van der Waals surface area contributed by atoms with Crippen LogP contribution in [0, 0.1) is 10.1 Å². The molecule has 2 aromatic heterocycles. The molecule has 0 bridgehead atoms. The summed E-state index contributed by atoms with van der Waals surface area (Å²) in [6.45, 7) is 0. The number of benzene rings is 2. The molecule has 0 radical (unpaired) electrons. The van der Waals surface area contributed by atoms with Crippen LogP contribution in [0.1, 0.15) is 21.9 Å². The van der Waals surface area contributed by atoms with E-state index < -0.39 is 4.92 Å². The number of nitrogens with zero attached hydrogens (tertiary/aromatic N) is 1. The first-order chi connectivity index (χ1) is 16.5. The van der Waals surface area contributed by atoms with E-state index in [2.05, 4.69) is 5.32 Å². The van der Waals surface area contributed by atoms with Crippen LogP contribution in [-0.4, -0.2) is 16.6 Å². The van der Waals surface area contributed by atoms with Gasteiger partial charge in [-0.3, -0.25) is 19.7 Å². The second-order valence-electron chi connectivity index (χ2n) is 7.09. The van der Waals surface area contributed by atoms with Gasteiger partial charge < -0.3 is 14.2 Å². The van der Waals surface area contributed by atoms with E-state index in [9.17, 15) is 19.7 Å². The molecule has 8 nitrogen and oxygen atoms in total. The van der Waals surface area contributed by atoms with Gasteiger partial charge in [-0.15, -0.1) is 0 Å². The molecule has 0 saturated carbocycles. The molecule has 8 heteroatoms. The second-order valence-corrected chi connectivity index (χ2v) is 7.09. The lowest BCUT2D eigenvalue weighted by molar-refractivity contribution is -0.384. The van der Waals surface area contributed by atoms with E-state index in [1.807, 2.05) is 0 Å². The summed E-state index contributed by atoms with van der Waals surface area (Å²) in [7, 11) is 0. The molecule has 0 spiro atoms. The van der Waals surface area contributed by atoms with Crippen LogP contribution < -0.4 is 5.32 Å². The number of carbonyl (C=O) groups is 2. The number of carbonyl (C=O) groups excluding carboxylic acids is 2. The highest BCUT2D eigenvalue weighted by atomic mass is 16.6. The summed E-state index contributed by atoms with van der Waals surface area (Å²) >= 11 is 0. The lowest BCUT2D eigenvalue weighted by atomic mass is 10.1. The minimum absolute atomic E-state index is 0.0682. The molecule has 4 rings (SSSR count). The Balaban J connectivity index is 1.43. The fourth-order valence-electron chi connectivity index (χ4n) is 3.16. The molecule has 0 unspecified atom stereocenters. The average Bonchev–Trinajstić information content (AvgIpc) is 3.54. The first-order valence-corrected chi connectivity index (χ1v) is 10.2. The zero-order chi connectivity index (χ0) is 23.9. The Morgan fingerprint density at radius 2 is 1.71 bits per heavy atom. The first kappa shape index (κ1) is 22.2. The van der Waals surface area contributed by atoms with Crippen LogP contribution in [0.4, 0.5) is 11.4 Å². The third kappa shape index (κ3) is 5.43. The smallest absolute Gasteiger partial charge is 0.280 e. The van der Waals surface area contributed by atoms with Crippen molar-refractivity contribution >= 4 is 35.2 Å². The Hall–Kier alpha value is -4.98. The molecule has 0 aliphatic rings. The summed E-state index contributed by atoms with van der Waals surface area (Å²) in [6.07, 6.45) is 7.19. The van der Waals surface area contributed by atoms with Crippen molar-refractivity contribution in [2.24, 2.45) is 0 Å². The van der Waals surface area contributed by atoms with Crippen molar-refractivity contribution in [3.8, 4) is 11.3 Å². The summed E-state index contributed by atoms with van der Waals surface area (Å²) in [5, 5.41) is 13.9. The zero-order valence-corrected chi connectivity index (χ0v) is 17.7. The van der Waals surface area contributed by atoms with E-state index in [-0.39, 0.29) is 17.4 Å². The number of nitro benzene ring substituents is 1. The number of hydrogen-bond acceptors (Lipinski definition) is 6. The van der Waals surface area contributed by atoms with E-state index >= 15 is 0 Å². The van der Waals surface area contributed by atoms with Crippen LogP contribution in [0.5, 0.6) is 0 Å². The highest BCUT2D eigenvalue weighted by Gasteiger charge is 2.16. The van der Waals surface area contributed by atoms with Gasteiger partial charge in [0.2, 0.25) is 5.91 Å². The van der Waals surface area contributed by atoms with Crippen molar-refractivity contribution in [3.05, 3.63) is 118 Å². The molecule has 34 heavy (non-hydrogen) atoms. The molecule has 0 aliphatic heterocycles. The van der Waals surface area contributed by atoms with Crippen LogP contribution in [0.25, 0.3) is 23.5 Å². The Bertz CT molecular complexity index is 1400. The van der Waals surface area contributed by atoms with Gasteiger partial charge in [0.15, 0.2) is 5.78 Å². The van der Waals surface area contributed by atoms with Crippen molar-refractivity contribution in [2.45, 2.75) is 0 Å². The molecule has 2 heterocycles. The molecule has 0 saturated heterocycles. The standard InChI is InChI=1S/C26H18N2O6/c29-24(13-10-21-11-14-25(34-21)22-8-1-2-9-23(22)28(31)32)18-5-3-6-19(17-18)27-26(30)15-12-20-7-4-16-33-20/h1-17H,(H,27,30)/b13-10+,15-12+. The molecule has 0 atom stereocenters. The summed E-state index contributed by atoms with van der Waals surface area (Å²) in [6, 6.07) is 19.4. The largest absolute Gasteiger partial charge is 0.465 e. The molecular weight excluding hydrogens is 436 g/mol. The first-order valence-electron chi connectivity index (χ1n) is 10.2. The van der Waals surface area contributed by atoms with Gasteiger partial charge in [-0.1, -0.05) is 24.3 Å².